The highest BCUT2D eigenvalue weighted by Gasteiger charge is 2.28. The van der Waals surface area contributed by atoms with Crippen molar-refractivity contribution in [3.8, 4) is 5.75 Å². The highest BCUT2D eigenvalue weighted by atomic mass is 35.5. The smallest absolute Gasteiger partial charge is 0.258 e. The number of sulfonamides is 1. The molecule has 0 aliphatic carbocycles. The van der Waals surface area contributed by atoms with Gasteiger partial charge >= 0.3 is 0 Å². The van der Waals surface area contributed by atoms with Crippen molar-refractivity contribution >= 4 is 33.2 Å². The molecule has 2 aromatic rings. The fourth-order valence-electron chi connectivity index (χ4n) is 2.72. The van der Waals surface area contributed by atoms with Crippen LogP contribution in [-0.2, 0) is 14.8 Å². The van der Waals surface area contributed by atoms with E-state index >= 15 is 0 Å². The van der Waals surface area contributed by atoms with Gasteiger partial charge in [-0.1, -0.05) is 11.6 Å². The minimum atomic E-state index is -3.85. The van der Waals surface area contributed by atoms with Gasteiger partial charge in [0, 0.05) is 18.8 Å². The molecule has 0 saturated carbocycles. The maximum atomic E-state index is 14.2. The Morgan fingerprint density at radius 2 is 1.93 bits per heavy atom. The van der Waals surface area contributed by atoms with Gasteiger partial charge in [-0.25, -0.2) is 12.8 Å². The zero-order valence-electron chi connectivity index (χ0n) is 14.9. The number of carbonyl (C=O) groups excluding carboxylic acids is 1. The van der Waals surface area contributed by atoms with Crippen LogP contribution in [-0.4, -0.2) is 52.0 Å². The van der Waals surface area contributed by atoms with Gasteiger partial charge < -0.3 is 14.8 Å². The van der Waals surface area contributed by atoms with E-state index in [4.69, 9.17) is 21.1 Å². The largest absolute Gasteiger partial charge is 0.495 e. The van der Waals surface area contributed by atoms with Gasteiger partial charge in [0.25, 0.3) is 5.91 Å². The Hall–Kier alpha value is -2.20. The van der Waals surface area contributed by atoms with Gasteiger partial charge in [0.1, 0.15) is 11.6 Å². The lowest BCUT2D eigenvalue weighted by Crippen LogP contribution is -2.40. The number of morpholine rings is 1. The summed E-state index contributed by atoms with van der Waals surface area (Å²) in [7, 11) is -2.40. The van der Waals surface area contributed by atoms with Crippen LogP contribution in [0.1, 0.15) is 10.4 Å². The first-order chi connectivity index (χ1) is 13.3. The van der Waals surface area contributed by atoms with Crippen LogP contribution < -0.4 is 10.1 Å². The van der Waals surface area contributed by atoms with E-state index in [1.807, 2.05) is 0 Å². The number of methoxy groups -OCH3 is 1. The van der Waals surface area contributed by atoms with Gasteiger partial charge in [0.2, 0.25) is 10.0 Å². The molecule has 1 saturated heterocycles. The number of benzene rings is 2. The monoisotopic (exact) mass is 428 g/mol. The van der Waals surface area contributed by atoms with Crippen LogP contribution in [0.5, 0.6) is 5.75 Å². The number of amides is 1. The van der Waals surface area contributed by atoms with Gasteiger partial charge in [-0.2, -0.15) is 4.31 Å². The molecule has 1 fully saturated rings. The van der Waals surface area contributed by atoms with E-state index in [1.54, 1.807) is 6.07 Å². The number of nitrogens with zero attached hydrogens (tertiary/aromatic N) is 1. The van der Waals surface area contributed by atoms with Crippen LogP contribution in [0.15, 0.2) is 41.3 Å². The summed E-state index contributed by atoms with van der Waals surface area (Å²) in [6, 6.07) is 7.66. The lowest BCUT2D eigenvalue weighted by Gasteiger charge is -2.26. The number of hydrogen-bond acceptors (Lipinski definition) is 5. The Labute approximate surface area is 167 Å². The van der Waals surface area contributed by atoms with Crippen LogP contribution in [0.25, 0.3) is 0 Å². The lowest BCUT2D eigenvalue weighted by atomic mass is 10.2. The molecule has 7 nitrogen and oxygen atoms in total. The summed E-state index contributed by atoms with van der Waals surface area (Å²) < 4.78 is 51.1. The molecule has 1 aliphatic rings. The third-order valence-electron chi connectivity index (χ3n) is 4.20. The quantitative estimate of drug-likeness (QED) is 0.791. The topological polar surface area (TPSA) is 84.9 Å². The third-order valence-corrected chi connectivity index (χ3v) is 6.39. The SMILES string of the molecule is COc1ccc(NC(=O)c2cc(S(=O)(=O)N3CCOCC3)ccc2F)cc1Cl. The highest BCUT2D eigenvalue weighted by molar-refractivity contribution is 7.89. The second kappa shape index (κ2) is 8.44. The van der Waals surface area contributed by atoms with Gasteiger partial charge in [-0.3, -0.25) is 4.79 Å². The molecule has 0 radical (unpaired) electrons. The summed E-state index contributed by atoms with van der Waals surface area (Å²) in [6.45, 7) is 0.967. The predicted molar refractivity (Wildman–Crippen MR) is 102 cm³/mol. The number of anilines is 1. The highest BCUT2D eigenvalue weighted by Crippen LogP contribution is 2.28. The van der Waals surface area contributed by atoms with E-state index in [2.05, 4.69) is 5.32 Å². The normalized spacial score (nSPS) is 15.2. The molecular formula is C18H18ClFN2O5S. The molecule has 10 heteroatoms. The second-order valence-electron chi connectivity index (χ2n) is 5.96. The first-order valence-electron chi connectivity index (χ1n) is 8.35. The number of ether oxygens (including phenoxy) is 2. The fourth-order valence-corrected chi connectivity index (χ4v) is 4.41. The number of halogens is 2. The maximum absolute atomic E-state index is 14.2. The van der Waals surface area contributed by atoms with E-state index in [1.165, 1.54) is 23.5 Å². The van der Waals surface area contributed by atoms with Crippen LogP contribution in [0.2, 0.25) is 5.02 Å². The summed E-state index contributed by atoms with van der Waals surface area (Å²) in [4.78, 5) is 12.3. The molecule has 1 amide bonds. The van der Waals surface area contributed by atoms with E-state index in [-0.39, 0.29) is 41.8 Å². The van der Waals surface area contributed by atoms with Crippen LogP contribution in [0.3, 0.4) is 0 Å². The van der Waals surface area contributed by atoms with Crippen molar-refractivity contribution in [2.24, 2.45) is 0 Å². The third kappa shape index (κ3) is 4.27. The van der Waals surface area contributed by atoms with Gasteiger partial charge in [0.15, 0.2) is 0 Å². The van der Waals surface area contributed by atoms with E-state index < -0.39 is 21.7 Å². The van der Waals surface area contributed by atoms with Crippen molar-refractivity contribution < 1.29 is 27.1 Å². The van der Waals surface area contributed by atoms with Crippen molar-refractivity contribution in [2.75, 3.05) is 38.7 Å². The zero-order valence-corrected chi connectivity index (χ0v) is 16.5. The van der Waals surface area contributed by atoms with Gasteiger partial charge in [-0.15, -0.1) is 0 Å². The maximum Gasteiger partial charge on any atom is 0.258 e. The average Bonchev–Trinajstić information content (AvgIpc) is 2.69. The molecule has 150 valence electrons. The fraction of sp³-hybridized carbons (Fsp3) is 0.278. The van der Waals surface area contributed by atoms with Gasteiger partial charge in [-0.05, 0) is 36.4 Å². The molecule has 28 heavy (non-hydrogen) atoms. The minimum absolute atomic E-state index is 0.159. The summed E-state index contributed by atoms with van der Waals surface area (Å²) >= 11 is 6.02. The second-order valence-corrected chi connectivity index (χ2v) is 8.31. The predicted octanol–water partition coefficient (Wildman–Crippen LogP) is 2.76. The molecule has 1 aliphatic heterocycles. The minimum Gasteiger partial charge on any atom is -0.495 e. The van der Waals surface area contributed by atoms with Crippen molar-refractivity contribution in [1.82, 2.24) is 4.31 Å². The number of nitrogens with one attached hydrogen (secondary N) is 1. The number of rotatable bonds is 5. The molecular weight excluding hydrogens is 411 g/mol. The average molecular weight is 429 g/mol. The molecule has 0 aromatic heterocycles. The lowest BCUT2D eigenvalue weighted by molar-refractivity contribution is 0.0730. The van der Waals surface area contributed by atoms with Crippen molar-refractivity contribution in [3.63, 3.8) is 0 Å². The first-order valence-corrected chi connectivity index (χ1v) is 10.2. The van der Waals surface area contributed by atoms with Crippen molar-refractivity contribution in [1.29, 1.82) is 0 Å². The standard InChI is InChI=1S/C18H18ClFN2O5S/c1-26-17-5-2-12(10-15(17)19)21-18(23)14-11-13(3-4-16(14)20)28(24,25)22-6-8-27-9-7-22/h2-5,10-11H,6-9H2,1H3,(H,21,23). The Bertz CT molecular complexity index is 993. The summed E-state index contributed by atoms with van der Waals surface area (Å²) in [5, 5.41) is 2.77. The molecule has 0 atom stereocenters. The zero-order chi connectivity index (χ0) is 20.3. The molecule has 0 spiro atoms. The Morgan fingerprint density at radius 3 is 2.57 bits per heavy atom. The van der Waals surface area contributed by atoms with E-state index in [0.29, 0.717) is 11.4 Å². The van der Waals surface area contributed by atoms with Gasteiger partial charge in [0.05, 0.1) is 35.8 Å². The van der Waals surface area contributed by atoms with Crippen molar-refractivity contribution in [3.05, 3.63) is 52.8 Å². The summed E-state index contributed by atoms with van der Waals surface area (Å²) in [6.07, 6.45) is 0. The molecule has 2 aromatic carbocycles. The van der Waals surface area contributed by atoms with Crippen molar-refractivity contribution in [2.45, 2.75) is 4.90 Å². The van der Waals surface area contributed by atoms with Crippen LogP contribution in [0.4, 0.5) is 10.1 Å². The molecule has 0 bridgehead atoms. The van der Waals surface area contributed by atoms with Crippen LogP contribution in [0, 0.1) is 5.82 Å². The van der Waals surface area contributed by atoms with E-state index in [9.17, 15) is 17.6 Å². The summed E-state index contributed by atoms with van der Waals surface area (Å²) in [5.74, 6) is -1.21. The molecule has 1 N–H and O–H groups in total. The number of hydrogen-bond donors (Lipinski definition) is 1. The van der Waals surface area contributed by atoms with Crippen LogP contribution >= 0.6 is 11.6 Å². The Morgan fingerprint density at radius 1 is 1.21 bits per heavy atom. The number of carbonyl (C=O) groups is 1. The molecule has 1 heterocycles. The summed E-state index contributed by atoms with van der Waals surface area (Å²) in [5.41, 5.74) is -0.0714. The Balaban J connectivity index is 1.86. The Kier molecular flexibility index (Phi) is 6.19. The van der Waals surface area contributed by atoms with E-state index in [0.717, 1.165) is 18.2 Å². The first kappa shape index (κ1) is 20.5. The molecule has 0 unspecified atom stereocenters. The molecule has 3 rings (SSSR count).